The predicted molar refractivity (Wildman–Crippen MR) is 113 cm³/mol. The van der Waals surface area contributed by atoms with E-state index in [1.807, 2.05) is 18.2 Å². The van der Waals surface area contributed by atoms with Crippen LogP contribution in [-0.2, 0) is 12.8 Å². The van der Waals surface area contributed by atoms with Gasteiger partial charge in [-0.25, -0.2) is 0 Å². The number of ether oxygens (including phenoxy) is 2. The smallest absolute Gasteiger partial charge is 0.256 e. The van der Waals surface area contributed by atoms with Crippen LogP contribution in [0.3, 0.4) is 0 Å². The third-order valence-corrected chi connectivity index (χ3v) is 7.20. The molecule has 0 fully saturated rings. The third-order valence-electron chi connectivity index (χ3n) is 6.02. The molecule has 1 aliphatic carbocycles. The summed E-state index contributed by atoms with van der Waals surface area (Å²) in [5, 5.41) is 7.62. The first-order valence-corrected chi connectivity index (χ1v) is 10.6. The Morgan fingerprint density at radius 3 is 2.61 bits per heavy atom. The van der Waals surface area contributed by atoms with Crippen LogP contribution in [0.5, 0.6) is 11.5 Å². The topological polar surface area (TPSA) is 59.6 Å². The molecule has 0 radical (unpaired) electrons. The molecule has 6 heteroatoms. The molecular formula is C22H28N2O3S. The van der Waals surface area contributed by atoms with Gasteiger partial charge in [-0.1, -0.05) is 20.8 Å². The minimum atomic E-state index is -0.344. The van der Waals surface area contributed by atoms with Gasteiger partial charge in [-0.05, 0) is 54.4 Å². The highest BCUT2D eigenvalue weighted by Crippen LogP contribution is 2.46. The van der Waals surface area contributed by atoms with Gasteiger partial charge in [0.25, 0.3) is 5.91 Å². The quantitative estimate of drug-likeness (QED) is 0.779. The Hall–Kier alpha value is -2.21. The largest absolute Gasteiger partial charge is 0.497 e. The minimum absolute atomic E-state index is 0.00432. The molecule has 1 amide bonds. The Morgan fingerprint density at radius 1 is 1.14 bits per heavy atom. The fourth-order valence-corrected chi connectivity index (χ4v) is 5.61. The van der Waals surface area contributed by atoms with Crippen LogP contribution in [0, 0.1) is 11.3 Å². The molecule has 0 bridgehead atoms. The second-order valence-corrected chi connectivity index (χ2v) is 9.78. The van der Waals surface area contributed by atoms with Crippen molar-refractivity contribution in [1.29, 1.82) is 0 Å². The van der Waals surface area contributed by atoms with Crippen molar-refractivity contribution in [1.82, 2.24) is 5.32 Å². The minimum Gasteiger partial charge on any atom is -0.497 e. The number of thiophene rings is 1. The fraction of sp³-hybridized carbons (Fsp3) is 0.500. The van der Waals surface area contributed by atoms with Crippen molar-refractivity contribution in [3.8, 4) is 11.5 Å². The Labute approximate surface area is 170 Å². The van der Waals surface area contributed by atoms with Gasteiger partial charge in [0, 0.05) is 10.4 Å². The predicted octanol–water partition coefficient (Wildman–Crippen LogP) is 4.77. The van der Waals surface area contributed by atoms with Crippen LogP contribution >= 0.6 is 11.3 Å². The Kier molecular flexibility index (Phi) is 4.78. The molecule has 1 aromatic carbocycles. The highest BCUT2D eigenvalue weighted by atomic mass is 32.1. The van der Waals surface area contributed by atoms with Crippen LogP contribution in [-0.4, -0.2) is 20.1 Å². The van der Waals surface area contributed by atoms with Crippen LogP contribution in [0.1, 0.15) is 59.7 Å². The molecule has 1 aromatic heterocycles. The van der Waals surface area contributed by atoms with Crippen LogP contribution in [0.15, 0.2) is 18.2 Å². The van der Waals surface area contributed by atoms with E-state index in [4.69, 9.17) is 9.47 Å². The maximum atomic E-state index is 13.0. The Balaban J connectivity index is 1.67. The molecule has 2 N–H and O–H groups in total. The first-order valence-electron chi connectivity index (χ1n) is 9.75. The molecule has 2 aliphatic rings. The number of anilines is 1. The van der Waals surface area contributed by atoms with Gasteiger partial charge < -0.3 is 20.1 Å². The summed E-state index contributed by atoms with van der Waals surface area (Å²) in [7, 11) is 3.27. The zero-order valence-electron chi connectivity index (χ0n) is 17.1. The number of carbonyl (C=O) groups is 1. The Bertz CT molecular complexity index is 913. The number of fused-ring (bicyclic) bond motifs is 3. The second-order valence-electron chi connectivity index (χ2n) is 8.67. The summed E-state index contributed by atoms with van der Waals surface area (Å²) in [5.41, 5.74) is 3.22. The van der Waals surface area contributed by atoms with Crippen molar-refractivity contribution >= 4 is 22.2 Å². The van der Waals surface area contributed by atoms with Crippen LogP contribution in [0.4, 0.5) is 5.00 Å². The maximum absolute atomic E-state index is 13.0. The fourth-order valence-electron chi connectivity index (χ4n) is 4.26. The average molecular weight is 401 g/mol. The number of amides is 1. The number of nitrogens with one attached hydrogen (secondary N) is 2. The number of hydrogen-bond donors (Lipinski definition) is 2. The SMILES string of the molecule is COc1ccc(OC)c([C@@H]2NC(=O)c3c(sc4c3CC[C@H](C(C)(C)C)C4)N2)c1. The second kappa shape index (κ2) is 6.99. The molecule has 2 aromatic rings. The summed E-state index contributed by atoms with van der Waals surface area (Å²) in [5.74, 6) is 2.10. The lowest BCUT2D eigenvalue weighted by molar-refractivity contribution is 0.0934. The van der Waals surface area contributed by atoms with Crippen molar-refractivity contribution in [2.75, 3.05) is 19.5 Å². The van der Waals surface area contributed by atoms with Crippen LogP contribution < -0.4 is 20.1 Å². The monoisotopic (exact) mass is 400 g/mol. The number of hydrogen-bond acceptors (Lipinski definition) is 5. The average Bonchev–Trinajstić information content (AvgIpc) is 3.04. The third kappa shape index (κ3) is 3.24. The van der Waals surface area contributed by atoms with Crippen LogP contribution in [0.25, 0.3) is 0 Å². The van der Waals surface area contributed by atoms with Crippen LogP contribution in [0.2, 0.25) is 0 Å². The molecule has 0 spiro atoms. The molecule has 0 saturated carbocycles. The lowest BCUT2D eigenvalue weighted by Crippen LogP contribution is -2.38. The van der Waals surface area contributed by atoms with E-state index in [-0.39, 0.29) is 17.5 Å². The van der Waals surface area contributed by atoms with Crippen molar-refractivity contribution in [3.63, 3.8) is 0 Å². The molecule has 0 unspecified atom stereocenters. The van der Waals surface area contributed by atoms with E-state index in [0.717, 1.165) is 46.9 Å². The molecular weight excluding hydrogens is 372 g/mol. The van der Waals surface area contributed by atoms with Gasteiger partial charge in [-0.15, -0.1) is 11.3 Å². The van der Waals surface area contributed by atoms with E-state index in [2.05, 4.69) is 31.4 Å². The van der Waals surface area contributed by atoms with Gasteiger partial charge in [0.1, 0.15) is 22.7 Å². The molecule has 0 saturated heterocycles. The zero-order valence-corrected chi connectivity index (χ0v) is 18.0. The highest BCUT2D eigenvalue weighted by molar-refractivity contribution is 7.16. The summed E-state index contributed by atoms with van der Waals surface area (Å²) in [6.07, 6.45) is 2.83. The van der Waals surface area contributed by atoms with Gasteiger partial charge in [0.15, 0.2) is 0 Å². The van der Waals surface area contributed by atoms with Gasteiger partial charge in [-0.2, -0.15) is 0 Å². The van der Waals surface area contributed by atoms with Crippen molar-refractivity contribution < 1.29 is 14.3 Å². The normalized spacial score (nSPS) is 21.2. The van der Waals surface area contributed by atoms with E-state index in [1.54, 1.807) is 25.6 Å². The first-order chi connectivity index (χ1) is 13.3. The summed E-state index contributed by atoms with van der Waals surface area (Å²) in [4.78, 5) is 14.4. The molecule has 4 rings (SSSR count). The van der Waals surface area contributed by atoms with Gasteiger partial charge in [0.05, 0.1) is 19.8 Å². The van der Waals surface area contributed by atoms with E-state index in [1.165, 1.54) is 10.4 Å². The van der Waals surface area contributed by atoms with Gasteiger partial charge in [0.2, 0.25) is 0 Å². The number of rotatable bonds is 3. The maximum Gasteiger partial charge on any atom is 0.256 e. The molecule has 1 aliphatic heterocycles. The van der Waals surface area contributed by atoms with E-state index in [0.29, 0.717) is 5.92 Å². The van der Waals surface area contributed by atoms with Crippen molar-refractivity contribution in [3.05, 3.63) is 39.8 Å². The highest BCUT2D eigenvalue weighted by Gasteiger charge is 2.37. The molecule has 150 valence electrons. The lowest BCUT2D eigenvalue weighted by Gasteiger charge is -2.34. The lowest BCUT2D eigenvalue weighted by atomic mass is 9.72. The van der Waals surface area contributed by atoms with E-state index < -0.39 is 0 Å². The summed E-state index contributed by atoms with van der Waals surface area (Å²) in [6, 6.07) is 5.63. The van der Waals surface area contributed by atoms with Crippen molar-refractivity contribution in [2.24, 2.45) is 11.3 Å². The molecule has 2 heterocycles. The van der Waals surface area contributed by atoms with E-state index in [9.17, 15) is 4.79 Å². The first kappa shape index (κ1) is 19.1. The molecule has 28 heavy (non-hydrogen) atoms. The number of methoxy groups -OCH3 is 2. The standard InChI is InChI=1S/C22H28N2O3S/c1-22(2,3)12-6-8-14-17(10-12)28-21-18(14)20(25)23-19(24-21)15-11-13(26-4)7-9-16(15)27-5/h7,9,11-12,19,24H,6,8,10H2,1-5H3,(H,23,25)/t12-,19+/m0/s1. The van der Waals surface area contributed by atoms with Gasteiger partial charge in [-0.3, -0.25) is 4.79 Å². The summed E-state index contributed by atoms with van der Waals surface area (Å²) in [6.45, 7) is 6.94. The number of benzene rings is 1. The summed E-state index contributed by atoms with van der Waals surface area (Å²) >= 11 is 1.74. The molecule has 2 atom stereocenters. The Morgan fingerprint density at radius 2 is 1.93 bits per heavy atom. The van der Waals surface area contributed by atoms with Crippen molar-refractivity contribution in [2.45, 2.75) is 46.2 Å². The van der Waals surface area contributed by atoms with Gasteiger partial charge >= 0.3 is 0 Å². The number of carbonyl (C=O) groups excluding carboxylic acids is 1. The summed E-state index contributed by atoms with van der Waals surface area (Å²) < 4.78 is 10.9. The zero-order chi connectivity index (χ0) is 20.1. The van der Waals surface area contributed by atoms with E-state index >= 15 is 0 Å². The molecule has 5 nitrogen and oxygen atoms in total.